The number of halogens is 1. The first-order chi connectivity index (χ1) is 6.24. The fourth-order valence-corrected chi connectivity index (χ4v) is 1.22. The second kappa shape index (κ2) is 4.77. The molecule has 0 bridgehead atoms. The summed E-state index contributed by atoms with van der Waals surface area (Å²) in [4.78, 5) is 0. The van der Waals surface area contributed by atoms with E-state index in [9.17, 15) is 4.39 Å². The van der Waals surface area contributed by atoms with Gasteiger partial charge in [-0.15, -0.1) is 0 Å². The van der Waals surface area contributed by atoms with Gasteiger partial charge >= 0.3 is 0 Å². The van der Waals surface area contributed by atoms with Crippen molar-refractivity contribution in [2.75, 3.05) is 6.54 Å². The van der Waals surface area contributed by atoms with E-state index in [0.29, 0.717) is 13.0 Å². The first-order valence-electron chi connectivity index (χ1n) is 4.33. The van der Waals surface area contributed by atoms with Gasteiger partial charge in [-0.3, -0.25) is 0 Å². The van der Waals surface area contributed by atoms with Crippen LogP contribution in [0, 0.1) is 5.82 Å². The van der Waals surface area contributed by atoms with Crippen LogP contribution in [0.1, 0.15) is 12.5 Å². The van der Waals surface area contributed by atoms with Gasteiger partial charge in [0.2, 0.25) is 0 Å². The molecule has 0 amide bonds. The Labute approximate surface area is 78.1 Å². The molecule has 1 aromatic rings. The second-order valence-corrected chi connectivity index (χ2v) is 3.05. The minimum absolute atomic E-state index is 0.146. The molecule has 0 radical (unpaired) electrons. The third kappa shape index (κ3) is 2.99. The van der Waals surface area contributed by atoms with Crippen molar-refractivity contribution in [1.29, 1.82) is 0 Å². The Morgan fingerprint density at radius 2 is 2.15 bits per heavy atom. The molecular formula is C11H14FN. The second-order valence-electron chi connectivity index (χ2n) is 3.05. The Kier molecular flexibility index (Phi) is 3.65. The van der Waals surface area contributed by atoms with Gasteiger partial charge in [0.05, 0.1) is 0 Å². The van der Waals surface area contributed by atoms with Gasteiger partial charge < -0.3 is 5.73 Å². The highest BCUT2D eigenvalue weighted by molar-refractivity contribution is 5.22. The summed E-state index contributed by atoms with van der Waals surface area (Å²) < 4.78 is 13.1. The average Bonchev–Trinajstić information content (AvgIpc) is 2.09. The van der Waals surface area contributed by atoms with Gasteiger partial charge in [-0.25, -0.2) is 4.39 Å². The van der Waals surface area contributed by atoms with Crippen LogP contribution in [-0.2, 0) is 6.42 Å². The summed E-state index contributed by atoms with van der Waals surface area (Å²) in [5, 5.41) is 0. The highest BCUT2D eigenvalue weighted by atomic mass is 19.1. The van der Waals surface area contributed by atoms with Crippen LogP contribution in [0.5, 0.6) is 0 Å². The minimum Gasteiger partial charge on any atom is -0.327 e. The van der Waals surface area contributed by atoms with E-state index in [1.165, 1.54) is 6.07 Å². The van der Waals surface area contributed by atoms with Crippen LogP contribution in [-0.4, -0.2) is 6.54 Å². The first-order valence-corrected chi connectivity index (χ1v) is 4.33. The zero-order valence-corrected chi connectivity index (χ0v) is 7.76. The van der Waals surface area contributed by atoms with E-state index in [1.807, 2.05) is 19.1 Å². The van der Waals surface area contributed by atoms with Gasteiger partial charge in [0, 0.05) is 6.54 Å². The molecule has 0 spiro atoms. The summed E-state index contributed by atoms with van der Waals surface area (Å²) in [6.45, 7) is 2.47. The zero-order valence-electron chi connectivity index (χ0n) is 7.76. The van der Waals surface area contributed by atoms with Crippen LogP contribution >= 0.6 is 0 Å². The number of benzene rings is 1. The van der Waals surface area contributed by atoms with E-state index in [4.69, 9.17) is 5.73 Å². The normalized spacial score (nSPS) is 11.8. The van der Waals surface area contributed by atoms with Crippen molar-refractivity contribution in [1.82, 2.24) is 0 Å². The third-order valence-corrected chi connectivity index (χ3v) is 1.89. The van der Waals surface area contributed by atoms with E-state index in [1.54, 1.807) is 12.1 Å². The molecule has 0 aliphatic carbocycles. The summed E-state index contributed by atoms with van der Waals surface area (Å²) >= 11 is 0. The average molecular weight is 179 g/mol. The van der Waals surface area contributed by atoms with Crippen LogP contribution in [0.2, 0.25) is 0 Å². The van der Waals surface area contributed by atoms with Crippen molar-refractivity contribution in [3.8, 4) is 0 Å². The lowest BCUT2D eigenvalue weighted by Gasteiger charge is -2.02. The van der Waals surface area contributed by atoms with E-state index in [2.05, 4.69) is 0 Å². The van der Waals surface area contributed by atoms with Crippen molar-refractivity contribution < 1.29 is 4.39 Å². The fourth-order valence-electron chi connectivity index (χ4n) is 1.22. The van der Waals surface area contributed by atoms with Crippen molar-refractivity contribution in [2.24, 2.45) is 5.73 Å². The zero-order chi connectivity index (χ0) is 9.68. The maximum absolute atomic E-state index is 13.1. The maximum Gasteiger partial charge on any atom is 0.126 e. The van der Waals surface area contributed by atoms with Crippen molar-refractivity contribution in [2.45, 2.75) is 13.3 Å². The van der Waals surface area contributed by atoms with Crippen molar-refractivity contribution >= 4 is 0 Å². The number of hydrogen-bond donors (Lipinski definition) is 1. The maximum atomic E-state index is 13.1. The van der Waals surface area contributed by atoms with Crippen LogP contribution < -0.4 is 5.73 Å². The molecule has 0 fully saturated rings. The number of nitrogens with two attached hydrogens (primary N) is 1. The highest BCUT2D eigenvalue weighted by Crippen LogP contribution is 2.11. The SMILES string of the molecule is C/C(=C/CN)Cc1ccccc1F. The van der Waals surface area contributed by atoms with Crippen LogP contribution in [0.15, 0.2) is 35.9 Å². The molecule has 1 aromatic carbocycles. The molecule has 13 heavy (non-hydrogen) atoms. The van der Waals surface area contributed by atoms with Gasteiger partial charge in [0.15, 0.2) is 0 Å². The van der Waals surface area contributed by atoms with Crippen molar-refractivity contribution in [3.63, 3.8) is 0 Å². The topological polar surface area (TPSA) is 26.0 Å². The van der Waals surface area contributed by atoms with E-state index in [-0.39, 0.29) is 5.82 Å². The molecule has 2 N–H and O–H groups in total. The summed E-state index contributed by atoms with van der Waals surface area (Å²) in [6.07, 6.45) is 2.55. The molecule has 0 heterocycles. The highest BCUT2D eigenvalue weighted by Gasteiger charge is 2.00. The summed E-state index contributed by atoms with van der Waals surface area (Å²) in [5.41, 5.74) is 7.18. The molecule has 1 nitrogen and oxygen atoms in total. The molecule has 70 valence electrons. The molecule has 0 aliphatic heterocycles. The molecule has 0 unspecified atom stereocenters. The lowest BCUT2D eigenvalue weighted by atomic mass is 10.1. The quantitative estimate of drug-likeness (QED) is 0.708. The van der Waals surface area contributed by atoms with E-state index in [0.717, 1.165) is 11.1 Å². The summed E-state index contributed by atoms with van der Waals surface area (Å²) in [6, 6.07) is 6.81. The number of rotatable bonds is 3. The van der Waals surface area contributed by atoms with Gasteiger partial charge in [-0.1, -0.05) is 29.8 Å². The third-order valence-electron chi connectivity index (χ3n) is 1.89. The monoisotopic (exact) mass is 179 g/mol. The molecule has 0 atom stereocenters. The molecule has 0 aliphatic rings. The van der Waals surface area contributed by atoms with Gasteiger partial charge in [-0.05, 0) is 25.0 Å². The van der Waals surface area contributed by atoms with Gasteiger partial charge in [0.1, 0.15) is 5.82 Å². The Morgan fingerprint density at radius 1 is 1.46 bits per heavy atom. The lowest BCUT2D eigenvalue weighted by molar-refractivity contribution is 0.613. The molecule has 1 rings (SSSR count). The fraction of sp³-hybridized carbons (Fsp3) is 0.273. The lowest BCUT2D eigenvalue weighted by Crippen LogP contribution is -1.97. The Bertz CT molecular complexity index is 305. The summed E-state index contributed by atoms with van der Waals surface area (Å²) in [5.74, 6) is -0.146. The summed E-state index contributed by atoms with van der Waals surface area (Å²) in [7, 11) is 0. The van der Waals surface area contributed by atoms with Crippen LogP contribution in [0.4, 0.5) is 4.39 Å². The smallest absolute Gasteiger partial charge is 0.126 e. The number of hydrogen-bond acceptors (Lipinski definition) is 1. The molecule has 0 saturated heterocycles. The number of allylic oxidation sites excluding steroid dienone is 1. The molecular weight excluding hydrogens is 165 g/mol. The Balaban J connectivity index is 2.74. The predicted octanol–water partition coefficient (Wildman–Crippen LogP) is 2.27. The standard InChI is InChI=1S/C11H14FN/c1-9(6-7-13)8-10-4-2-3-5-11(10)12/h2-6H,7-8,13H2,1H3/b9-6-. The molecule has 2 heteroatoms. The predicted molar refractivity (Wildman–Crippen MR) is 52.9 cm³/mol. The minimum atomic E-state index is -0.146. The molecule has 0 aromatic heterocycles. The van der Waals surface area contributed by atoms with Gasteiger partial charge in [-0.2, -0.15) is 0 Å². The van der Waals surface area contributed by atoms with Crippen molar-refractivity contribution in [3.05, 3.63) is 47.3 Å². The Morgan fingerprint density at radius 3 is 2.77 bits per heavy atom. The van der Waals surface area contributed by atoms with Crippen LogP contribution in [0.3, 0.4) is 0 Å². The van der Waals surface area contributed by atoms with Crippen LogP contribution in [0.25, 0.3) is 0 Å². The first kappa shape index (κ1) is 9.93. The van der Waals surface area contributed by atoms with Gasteiger partial charge in [0.25, 0.3) is 0 Å². The Hall–Kier alpha value is -1.15. The van der Waals surface area contributed by atoms with E-state index >= 15 is 0 Å². The molecule has 0 saturated carbocycles. The van der Waals surface area contributed by atoms with E-state index < -0.39 is 0 Å². The largest absolute Gasteiger partial charge is 0.327 e.